The zero-order chi connectivity index (χ0) is 13.0. The van der Waals surface area contributed by atoms with Crippen molar-refractivity contribution in [3.63, 3.8) is 0 Å². The Labute approximate surface area is 121 Å². The van der Waals surface area contributed by atoms with E-state index < -0.39 is 0 Å². The number of halogens is 1. The fourth-order valence-corrected chi connectivity index (χ4v) is 4.01. The molecule has 0 spiro atoms. The summed E-state index contributed by atoms with van der Waals surface area (Å²) in [6.07, 6.45) is 6.51. The Balaban J connectivity index is 1.69. The summed E-state index contributed by atoms with van der Waals surface area (Å²) in [6.45, 7) is 3.15. The number of hydrogen-bond acceptors (Lipinski definition) is 2. The third-order valence-electron chi connectivity index (χ3n) is 3.80. The Morgan fingerprint density at radius 3 is 2.78 bits per heavy atom. The van der Waals surface area contributed by atoms with Crippen LogP contribution in [0.15, 0.2) is 15.9 Å². The molecule has 1 aromatic heterocycles. The van der Waals surface area contributed by atoms with Crippen molar-refractivity contribution in [2.45, 2.75) is 39.0 Å². The molecule has 0 aromatic carbocycles. The molecule has 0 bridgehead atoms. The molecule has 4 heteroatoms. The van der Waals surface area contributed by atoms with Crippen LogP contribution in [0, 0.1) is 11.8 Å². The van der Waals surface area contributed by atoms with Crippen LogP contribution < -0.4 is 5.32 Å². The Kier molecular flexibility index (Phi) is 5.25. The molecular formula is C14H20BrNOS. The largest absolute Gasteiger partial charge is 0.351 e. The summed E-state index contributed by atoms with van der Waals surface area (Å²) >= 11 is 4.88. The van der Waals surface area contributed by atoms with Crippen molar-refractivity contribution in [1.82, 2.24) is 5.32 Å². The summed E-state index contributed by atoms with van der Waals surface area (Å²) in [6, 6.07) is 1.92. The van der Waals surface area contributed by atoms with Gasteiger partial charge in [0.2, 0.25) is 0 Å². The number of rotatable bonds is 4. The van der Waals surface area contributed by atoms with E-state index in [9.17, 15) is 4.79 Å². The van der Waals surface area contributed by atoms with Crippen LogP contribution in [0.5, 0.6) is 0 Å². The molecule has 2 rings (SSSR count). The summed E-state index contributed by atoms with van der Waals surface area (Å²) in [5, 5.41) is 4.96. The average Bonchev–Trinajstić information content (AvgIpc) is 2.78. The lowest BCUT2D eigenvalue weighted by molar-refractivity contribution is 0.0953. The normalized spacial score (nSPS) is 23.9. The lowest BCUT2D eigenvalue weighted by Gasteiger charge is -2.26. The van der Waals surface area contributed by atoms with Crippen LogP contribution in [0.3, 0.4) is 0 Å². The van der Waals surface area contributed by atoms with Gasteiger partial charge in [-0.3, -0.25) is 4.79 Å². The van der Waals surface area contributed by atoms with Gasteiger partial charge in [0.15, 0.2) is 0 Å². The standard InChI is InChI=1S/C14H20BrNOS/c1-10-2-4-11(5-3-10)6-8-16-14(17)13-12(15)7-9-18-13/h7,9-11H,2-6,8H2,1H3,(H,16,17). The smallest absolute Gasteiger partial charge is 0.262 e. The number of carbonyl (C=O) groups is 1. The van der Waals surface area contributed by atoms with E-state index in [1.165, 1.54) is 37.0 Å². The number of nitrogens with one attached hydrogen (secondary N) is 1. The first kappa shape index (κ1) is 14.1. The van der Waals surface area contributed by atoms with Gasteiger partial charge in [0.25, 0.3) is 5.91 Å². The summed E-state index contributed by atoms with van der Waals surface area (Å²) in [5.41, 5.74) is 0. The molecule has 0 atom stereocenters. The Hall–Kier alpha value is -0.350. The third-order valence-corrected chi connectivity index (χ3v) is 5.63. The van der Waals surface area contributed by atoms with Crippen molar-refractivity contribution in [2.24, 2.45) is 11.8 Å². The second kappa shape index (κ2) is 6.71. The Morgan fingerprint density at radius 2 is 2.17 bits per heavy atom. The lowest BCUT2D eigenvalue weighted by Crippen LogP contribution is -2.26. The molecule has 0 saturated heterocycles. The average molecular weight is 330 g/mol. The van der Waals surface area contributed by atoms with Crippen LogP contribution in [-0.2, 0) is 0 Å². The van der Waals surface area contributed by atoms with Crippen LogP contribution in [0.4, 0.5) is 0 Å². The molecular weight excluding hydrogens is 310 g/mol. The molecule has 0 unspecified atom stereocenters. The molecule has 100 valence electrons. The molecule has 0 aliphatic heterocycles. The van der Waals surface area contributed by atoms with Crippen molar-refractivity contribution in [1.29, 1.82) is 0 Å². The van der Waals surface area contributed by atoms with Crippen LogP contribution >= 0.6 is 27.3 Å². The van der Waals surface area contributed by atoms with Crippen molar-refractivity contribution in [2.75, 3.05) is 6.54 Å². The van der Waals surface area contributed by atoms with E-state index >= 15 is 0 Å². The second-order valence-electron chi connectivity index (χ2n) is 5.27. The molecule has 1 aliphatic rings. The molecule has 1 amide bonds. The van der Waals surface area contributed by atoms with Crippen molar-refractivity contribution in [3.05, 3.63) is 20.8 Å². The molecule has 2 nitrogen and oxygen atoms in total. The highest BCUT2D eigenvalue weighted by molar-refractivity contribution is 9.10. The van der Waals surface area contributed by atoms with Gasteiger partial charge in [-0.25, -0.2) is 0 Å². The minimum Gasteiger partial charge on any atom is -0.351 e. The quantitative estimate of drug-likeness (QED) is 0.868. The van der Waals surface area contributed by atoms with Crippen molar-refractivity contribution >= 4 is 33.2 Å². The Bertz CT molecular complexity index is 396. The minimum atomic E-state index is 0.0565. The Morgan fingerprint density at radius 1 is 1.44 bits per heavy atom. The molecule has 1 N–H and O–H groups in total. The van der Waals surface area contributed by atoms with E-state index in [-0.39, 0.29) is 5.91 Å². The molecule has 1 fully saturated rings. The molecule has 1 aromatic rings. The maximum atomic E-state index is 11.9. The van der Waals surface area contributed by atoms with Gasteiger partial charge in [0.1, 0.15) is 4.88 Å². The van der Waals surface area contributed by atoms with E-state index in [4.69, 9.17) is 0 Å². The number of amides is 1. The third kappa shape index (κ3) is 3.82. The van der Waals surface area contributed by atoms with Gasteiger partial charge in [0.05, 0.1) is 0 Å². The van der Waals surface area contributed by atoms with E-state index in [0.717, 1.165) is 34.2 Å². The van der Waals surface area contributed by atoms with Crippen LogP contribution in [-0.4, -0.2) is 12.5 Å². The first-order valence-electron chi connectivity index (χ1n) is 6.68. The van der Waals surface area contributed by atoms with Gasteiger partial charge >= 0.3 is 0 Å². The van der Waals surface area contributed by atoms with Crippen LogP contribution in [0.25, 0.3) is 0 Å². The first-order valence-corrected chi connectivity index (χ1v) is 8.35. The van der Waals surface area contributed by atoms with E-state index in [2.05, 4.69) is 28.2 Å². The predicted octanol–water partition coefficient (Wildman–Crippen LogP) is 4.46. The van der Waals surface area contributed by atoms with Crippen molar-refractivity contribution < 1.29 is 4.79 Å². The monoisotopic (exact) mass is 329 g/mol. The van der Waals surface area contributed by atoms with Crippen LogP contribution in [0.2, 0.25) is 0 Å². The highest BCUT2D eigenvalue weighted by Crippen LogP contribution is 2.30. The van der Waals surface area contributed by atoms with Gasteiger partial charge in [-0.1, -0.05) is 32.6 Å². The zero-order valence-electron chi connectivity index (χ0n) is 10.7. The van der Waals surface area contributed by atoms with E-state index in [1.807, 2.05) is 11.4 Å². The van der Waals surface area contributed by atoms with Crippen LogP contribution in [0.1, 0.15) is 48.7 Å². The molecule has 0 radical (unpaired) electrons. The highest BCUT2D eigenvalue weighted by Gasteiger charge is 2.18. The fourth-order valence-electron chi connectivity index (χ4n) is 2.54. The van der Waals surface area contributed by atoms with Gasteiger partial charge in [-0.2, -0.15) is 0 Å². The lowest BCUT2D eigenvalue weighted by atomic mass is 9.81. The van der Waals surface area contributed by atoms with Gasteiger partial charge in [-0.15, -0.1) is 11.3 Å². The van der Waals surface area contributed by atoms with Gasteiger partial charge < -0.3 is 5.32 Å². The van der Waals surface area contributed by atoms with E-state index in [1.54, 1.807) is 0 Å². The minimum absolute atomic E-state index is 0.0565. The molecule has 18 heavy (non-hydrogen) atoms. The number of carbonyl (C=O) groups excluding carboxylic acids is 1. The fraction of sp³-hybridized carbons (Fsp3) is 0.643. The highest BCUT2D eigenvalue weighted by atomic mass is 79.9. The summed E-state index contributed by atoms with van der Waals surface area (Å²) < 4.78 is 0.900. The number of thiophene rings is 1. The predicted molar refractivity (Wildman–Crippen MR) is 80.1 cm³/mol. The second-order valence-corrected chi connectivity index (χ2v) is 7.04. The summed E-state index contributed by atoms with van der Waals surface area (Å²) in [5.74, 6) is 1.77. The maximum Gasteiger partial charge on any atom is 0.262 e. The SMILES string of the molecule is CC1CCC(CCNC(=O)c2sccc2Br)CC1. The molecule has 1 aliphatic carbocycles. The number of hydrogen-bond donors (Lipinski definition) is 1. The first-order chi connectivity index (χ1) is 8.66. The topological polar surface area (TPSA) is 29.1 Å². The zero-order valence-corrected chi connectivity index (χ0v) is 13.1. The maximum absolute atomic E-state index is 11.9. The van der Waals surface area contributed by atoms with Gasteiger partial charge in [-0.05, 0) is 45.6 Å². The van der Waals surface area contributed by atoms with Crippen molar-refractivity contribution in [3.8, 4) is 0 Å². The van der Waals surface area contributed by atoms with E-state index in [0.29, 0.717) is 0 Å². The van der Waals surface area contributed by atoms with Gasteiger partial charge in [0, 0.05) is 11.0 Å². The summed E-state index contributed by atoms with van der Waals surface area (Å²) in [4.78, 5) is 12.7. The summed E-state index contributed by atoms with van der Waals surface area (Å²) in [7, 11) is 0. The molecule has 1 saturated carbocycles. The molecule has 1 heterocycles.